The molecular formula is C12H17N5O2S2. The Hall–Kier alpha value is -1.58. The molecule has 0 amide bonds. The van der Waals surface area contributed by atoms with Crippen LogP contribution in [-0.4, -0.2) is 41.5 Å². The first-order chi connectivity index (χ1) is 10.1. The Balaban J connectivity index is 1.69. The minimum atomic E-state index is -3.27. The summed E-state index contributed by atoms with van der Waals surface area (Å²) in [6.07, 6.45) is 3.24. The summed E-state index contributed by atoms with van der Waals surface area (Å²) >= 11 is 1.48. The van der Waals surface area contributed by atoms with E-state index in [0.717, 1.165) is 4.90 Å². The molecule has 7 nitrogen and oxygen atoms in total. The Morgan fingerprint density at radius 1 is 1.29 bits per heavy atom. The first-order valence-corrected chi connectivity index (χ1v) is 8.99. The summed E-state index contributed by atoms with van der Waals surface area (Å²) in [5.41, 5.74) is 6.29. The van der Waals surface area contributed by atoms with Crippen molar-refractivity contribution in [2.45, 2.75) is 11.4 Å². The second-order valence-electron chi connectivity index (χ2n) is 4.30. The number of sulfonamides is 1. The number of rotatable bonds is 8. The predicted molar refractivity (Wildman–Crippen MR) is 83.4 cm³/mol. The van der Waals surface area contributed by atoms with E-state index in [4.69, 9.17) is 5.73 Å². The van der Waals surface area contributed by atoms with E-state index in [1.165, 1.54) is 11.8 Å². The number of hydrogen-bond acceptors (Lipinski definition) is 6. The number of nitrogens with zero attached hydrogens (tertiary/aromatic N) is 3. The van der Waals surface area contributed by atoms with Crippen molar-refractivity contribution in [1.29, 1.82) is 0 Å². The second kappa shape index (κ2) is 7.43. The number of hydrogen-bond donors (Lipinski definition) is 2. The summed E-state index contributed by atoms with van der Waals surface area (Å²) in [5.74, 6) is 0.558. The summed E-state index contributed by atoms with van der Waals surface area (Å²) in [6.45, 7) is 0.766. The lowest BCUT2D eigenvalue weighted by Gasteiger charge is -2.06. The summed E-state index contributed by atoms with van der Waals surface area (Å²) in [6, 6.07) is 7.36. The zero-order valence-corrected chi connectivity index (χ0v) is 13.0. The number of anilines is 1. The zero-order valence-electron chi connectivity index (χ0n) is 11.3. The van der Waals surface area contributed by atoms with Gasteiger partial charge in [-0.2, -0.15) is 0 Å². The van der Waals surface area contributed by atoms with Crippen molar-refractivity contribution in [1.82, 2.24) is 19.7 Å². The number of nitrogens with one attached hydrogen (secondary N) is 1. The molecule has 0 bridgehead atoms. The molecule has 0 aliphatic rings. The summed E-state index contributed by atoms with van der Waals surface area (Å²) in [4.78, 5) is 1.00. The standard InChI is InChI=1S/C12H17N5O2S2/c13-11-1-3-12(4-2-11)20-9-10-21(18,19)15-6-8-17-7-5-14-16-17/h1-5,7,15H,6,8-10,13H2. The lowest BCUT2D eigenvalue weighted by atomic mass is 10.3. The normalized spacial score (nSPS) is 11.6. The van der Waals surface area contributed by atoms with E-state index in [2.05, 4.69) is 15.0 Å². The molecule has 2 aromatic rings. The molecular weight excluding hydrogens is 310 g/mol. The number of aromatic nitrogens is 3. The maximum Gasteiger partial charge on any atom is 0.212 e. The van der Waals surface area contributed by atoms with Crippen LogP contribution in [0.4, 0.5) is 5.69 Å². The van der Waals surface area contributed by atoms with Crippen LogP contribution in [0.3, 0.4) is 0 Å². The number of benzene rings is 1. The number of nitrogens with two attached hydrogens (primary N) is 1. The van der Waals surface area contributed by atoms with Crippen molar-refractivity contribution < 1.29 is 8.42 Å². The van der Waals surface area contributed by atoms with Crippen LogP contribution in [-0.2, 0) is 16.6 Å². The number of thioether (sulfide) groups is 1. The molecule has 1 aromatic heterocycles. The van der Waals surface area contributed by atoms with Gasteiger partial charge in [0, 0.05) is 29.1 Å². The molecule has 2 rings (SSSR count). The molecule has 0 aliphatic carbocycles. The molecule has 114 valence electrons. The average Bonchev–Trinajstić information content (AvgIpc) is 2.94. The molecule has 0 radical (unpaired) electrons. The second-order valence-corrected chi connectivity index (χ2v) is 7.39. The van der Waals surface area contributed by atoms with Gasteiger partial charge in [-0.1, -0.05) is 5.21 Å². The third-order valence-corrected chi connectivity index (χ3v) is 5.29. The van der Waals surface area contributed by atoms with Crippen molar-refractivity contribution >= 4 is 27.5 Å². The molecule has 0 fully saturated rings. The Kier molecular flexibility index (Phi) is 5.59. The third kappa shape index (κ3) is 5.74. The molecule has 0 unspecified atom stereocenters. The highest BCUT2D eigenvalue weighted by Gasteiger charge is 2.09. The molecule has 1 heterocycles. The molecule has 1 aromatic carbocycles. The molecule has 9 heteroatoms. The van der Waals surface area contributed by atoms with Gasteiger partial charge in [-0.25, -0.2) is 13.1 Å². The Labute approximate surface area is 128 Å². The predicted octanol–water partition coefficient (Wildman–Crippen LogP) is 0.572. The van der Waals surface area contributed by atoms with Gasteiger partial charge in [-0.05, 0) is 24.3 Å². The molecule has 0 atom stereocenters. The fourth-order valence-corrected chi connectivity index (χ4v) is 3.89. The van der Waals surface area contributed by atoms with Crippen LogP contribution in [0.2, 0.25) is 0 Å². The minimum absolute atomic E-state index is 0.0688. The molecule has 3 N–H and O–H groups in total. The van der Waals surface area contributed by atoms with E-state index < -0.39 is 10.0 Å². The highest BCUT2D eigenvalue weighted by molar-refractivity contribution is 8.00. The van der Waals surface area contributed by atoms with Crippen LogP contribution >= 0.6 is 11.8 Å². The lowest BCUT2D eigenvalue weighted by Crippen LogP contribution is -2.30. The van der Waals surface area contributed by atoms with Gasteiger partial charge in [-0.3, -0.25) is 4.68 Å². The van der Waals surface area contributed by atoms with Crippen molar-refractivity contribution in [3.05, 3.63) is 36.7 Å². The van der Waals surface area contributed by atoms with Crippen molar-refractivity contribution in [3.63, 3.8) is 0 Å². The van der Waals surface area contributed by atoms with Crippen LogP contribution in [0.15, 0.2) is 41.6 Å². The van der Waals surface area contributed by atoms with Crippen LogP contribution in [0.5, 0.6) is 0 Å². The maximum atomic E-state index is 11.8. The molecule has 0 aliphatic heterocycles. The summed E-state index contributed by atoms with van der Waals surface area (Å²) < 4.78 is 27.7. The molecule has 0 saturated heterocycles. The van der Waals surface area contributed by atoms with Gasteiger partial charge in [0.2, 0.25) is 10.0 Å². The minimum Gasteiger partial charge on any atom is -0.399 e. The fraction of sp³-hybridized carbons (Fsp3) is 0.333. The third-order valence-electron chi connectivity index (χ3n) is 2.64. The highest BCUT2D eigenvalue weighted by Crippen LogP contribution is 2.19. The lowest BCUT2D eigenvalue weighted by molar-refractivity contribution is 0.554. The van der Waals surface area contributed by atoms with E-state index in [1.54, 1.807) is 29.2 Å². The first kappa shape index (κ1) is 15.8. The summed E-state index contributed by atoms with van der Waals surface area (Å²) in [5, 5.41) is 7.41. The van der Waals surface area contributed by atoms with Crippen molar-refractivity contribution in [2.75, 3.05) is 23.8 Å². The van der Waals surface area contributed by atoms with E-state index >= 15 is 0 Å². The zero-order chi connectivity index (χ0) is 15.1. The Morgan fingerprint density at radius 2 is 2.05 bits per heavy atom. The maximum absolute atomic E-state index is 11.8. The fourth-order valence-electron chi connectivity index (χ4n) is 1.57. The van der Waals surface area contributed by atoms with Gasteiger partial charge in [0.1, 0.15) is 0 Å². The van der Waals surface area contributed by atoms with Crippen LogP contribution in [0.25, 0.3) is 0 Å². The van der Waals surface area contributed by atoms with Crippen LogP contribution < -0.4 is 10.5 Å². The quantitative estimate of drug-likeness (QED) is 0.543. The first-order valence-electron chi connectivity index (χ1n) is 6.35. The van der Waals surface area contributed by atoms with E-state index in [-0.39, 0.29) is 5.75 Å². The Morgan fingerprint density at radius 3 is 2.71 bits per heavy atom. The molecule has 0 spiro atoms. The largest absolute Gasteiger partial charge is 0.399 e. The van der Waals surface area contributed by atoms with Crippen molar-refractivity contribution in [2.24, 2.45) is 0 Å². The topological polar surface area (TPSA) is 103 Å². The van der Waals surface area contributed by atoms with Gasteiger partial charge in [-0.15, -0.1) is 16.9 Å². The van der Waals surface area contributed by atoms with Crippen LogP contribution in [0, 0.1) is 0 Å². The van der Waals surface area contributed by atoms with Gasteiger partial charge in [0.05, 0.1) is 18.5 Å². The monoisotopic (exact) mass is 327 g/mol. The smallest absolute Gasteiger partial charge is 0.212 e. The van der Waals surface area contributed by atoms with E-state index in [1.807, 2.05) is 12.1 Å². The molecule has 0 saturated carbocycles. The molecule has 21 heavy (non-hydrogen) atoms. The average molecular weight is 327 g/mol. The van der Waals surface area contributed by atoms with E-state index in [0.29, 0.717) is 24.5 Å². The van der Waals surface area contributed by atoms with Gasteiger partial charge >= 0.3 is 0 Å². The van der Waals surface area contributed by atoms with Gasteiger partial charge in [0.15, 0.2) is 0 Å². The van der Waals surface area contributed by atoms with Gasteiger partial charge < -0.3 is 5.73 Å². The van der Waals surface area contributed by atoms with Crippen LogP contribution in [0.1, 0.15) is 0 Å². The van der Waals surface area contributed by atoms with E-state index in [9.17, 15) is 8.42 Å². The SMILES string of the molecule is Nc1ccc(SCCS(=O)(=O)NCCn2ccnn2)cc1. The highest BCUT2D eigenvalue weighted by atomic mass is 32.2. The van der Waals surface area contributed by atoms with Crippen molar-refractivity contribution in [3.8, 4) is 0 Å². The van der Waals surface area contributed by atoms with Gasteiger partial charge in [0.25, 0.3) is 0 Å². The Bertz CT molecular complexity index is 641. The summed E-state index contributed by atoms with van der Waals surface area (Å²) in [7, 11) is -3.27. The number of nitrogen functional groups attached to an aromatic ring is 1.